The molecule has 2 aromatic rings. The number of hydrogen-bond donors (Lipinski definition) is 1. The van der Waals surface area contributed by atoms with E-state index in [9.17, 15) is 9.59 Å². The Morgan fingerprint density at radius 3 is 2.40 bits per heavy atom. The van der Waals surface area contributed by atoms with E-state index in [-0.39, 0.29) is 18.0 Å². The molecule has 1 aromatic carbocycles. The number of aryl methyl sites for hydroxylation is 3. The third-order valence-corrected chi connectivity index (χ3v) is 4.59. The van der Waals surface area contributed by atoms with Crippen molar-refractivity contribution >= 4 is 5.97 Å². The van der Waals surface area contributed by atoms with Gasteiger partial charge in [-0.1, -0.05) is 12.1 Å². The first-order valence-electron chi connectivity index (χ1n) is 8.16. The number of carbonyl (C=O) groups is 1. The van der Waals surface area contributed by atoms with Gasteiger partial charge in [0.2, 0.25) is 0 Å². The predicted octanol–water partition coefficient (Wildman–Crippen LogP) is 3.33. The second-order valence-electron chi connectivity index (χ2n) is 6.30. The van der Waals surface area contributed by atoms with Gasteiger partial charge in [0, 0.05) is 5.69 Å². The summed E-state index contributed by atoms with van der Waals surface area (Å²) in [5, 5.41) is 9.11. The molecule has 0 bridgehead atoms. The largest absolute Gasteiger partial charge is 0.426 e. The highest BCUT2D eigenvalue weighted by Crippen LogP contribution is 2.26. The molecule has 2 rings (SSSR count). The number of nitrogens with one attached hydrogen (secondary N) is 1. The lowest BCUT2D eigenvalue weighted by Gasteiger charge is -2.13. The zero-order chi connectivity index (χ0) is 18.7. The van der Waals surface area contributed by atoms with E-state index in [2.05, 4.69) is 4.98 Å². The fourth-order valence-corrected chi connectivity index (χ4v) is 2.89. The minimum atomic E-state index is -0.394. The van der Waals surface area contributed by atoms with Crippen LogP contribution in [0.15, 0.2) is 16.9 Å². The average molecular weight is 338 g/mol. The van der Waals surface area contributed by atoms with E-state index in [1.807, 2.05) is 39.0 Å². The monoisotopic (exact) mass is 338 g/mol. The summed E-state index contributed by atoms with van der Waals surface area (Å²) in [5.41, 5.74) is 4.76. The number of aromatic amines is 1. The summed E-state index contributed by atoms with van der Waals surface area (Å²) in [7, 11) is 0. The SMILES string of the molecule is Cc1ccc(C)c(OC(=O)CCc2c(C)[nH]c(=O)c(C#N)c2C)c1C. The van der Waals surface area contributed by atoms with Gasteiger partial charge in [0.05, 0.1) is 6.42 Å². The molecule has 5 nitrogen and oxygen atoms in total. The summed E-state index contributed by atoms with van der Waals surface area (Å²) in [6, 6.07) is 5.85. The van der Waals surface area contributed by atoms with Crippen molar-refractivity contribution in [3.63, 3.8) is 0 Å². The smallest absolute Gasteiger partial charge is 0.311 e. The van der Waals surface area contributed by atoms with Crippen LogP contribution in [0.1, 0.15) is 45.5 Å². The highest BCUT2D eigenvalue weighted by molar-refractivity contribution is 5.74. The van der Waals surface area contributed by atoms with E-state index < -0.39 is 5.56 Å². The van der Waals surface area contributed by atoms with Crippen molar-refractivity contribution in [1.82, 2.24) is 4.98 Å². The summed E-state index contributed by atoms with van der Waals surface area (Å²) in [6.07, 6.45) is 0.581. The van der Waals surface area contributed by atoms with Gasteiger partial charge in [0.25, 0.3) is 5.56 Å². The van der Waals surface area contributed by atoms with Crippen LogP contribution in [-0.2, 0) is 11.2 Å². The van der Waals surface area contributed by atoms with Crippen LogP contribution in [-0.4, -0.2) is 11.0 Å². The second kappa shape index (κ2) is 7.35. The van der Waals surface area contributed by atoms with Gasteiger partial charge in [-0.25, -0.2) is 0 Å². The fourth-order valence-electron chi connectivity index (χ4n) is 2.89. The lowest BCUT2D eigenvalue weighted by molar-refractivity contribution is -0.134. The Hall–Kier alpha value is -2.87. The van der Waals surface area contributed by atoms with Crippen LogP contribution in [0.3, 0.4) is 0 Å². The minimum absolute atomic E-state index is 0.0966. The van der Waals surface area contributed by atoms with Crippen LogP contribution < -0.4 is 10.3 Å². The number of pyridine rings is 1. The lowest BCUT2D eigenvalue weighted by Crippen LogP contribution is -2.18. The topological polar surface area (TPSA) is 83.0 Å². The molecule has 1 aromatic heterocycles. The lowest BCUT2D eigenvalue weighted by atomic mass is 9.99. The quantitative estimate of drug-likeness (QED) is 0.685. The molecule has 0 aliphatic carbocycles. The minimum Gasteiger partial charge on any atom is -0.426 e. The Labute approximate surface area is 147 Å². The molecule has 130 valence electrons. The number of carbonyl (C=O) groups excluding carboxylic acids is 1. The molecule has 0 saturated heterocycles. The molecule has 0 atom stereocenters. The molecule has 0 amide bonds. The maximum absolute atomic E-state index is 12.3. The van der Waals surface area contributed by atoms with E-state index in [4.69, 9.17) is 10.00 Å². The summed E-state index contributed by atoms with van der Waals surface area (Å²) in [4.78, 5) is 26.7. The van der Waals surface area contributed by atoms with Crippen molar-refractivity contribution in [2.75, 3.05) is 0 Å². The van der Waals surface area contributed by atoms with Gasteiger partial charge in [0.15, 0.2) is 0 Å². The van der Waals surface area contributed by atoms with Gasteiger partial charge in [-0.3, -0.25) is 9.59 Å². The average Bonchev–Trinajstić information content (AvgIpc) is 2.55. The normalized spacial score (nSPS) is 10.4. The molecule has 0 fully saturated rings. The Balaban J connectivity index is 2.18. The van der Waals surface area contributed by atoms with Gasteiger partial charge < -0.3 is 9.72 Å². The number of esters is 1. The van der Waals surface area contributed by atoms with Crippen molar-refractivity contribution in [3.8, 4) is 11.8 Å². The number of rotatable bonds is 4. The molecule has 1 heterocycles. The molecule has 0 radical (unpaired) electrons. The predicted molar refractivity (Wildman–Crippen MR) is 95.9 cm³/mol. The van der Waals surface area contributed by atoms with Crippen LogP contribution in [0.2, 0.25) is 0 Å². The summed E-state index contributed by atoms with van der Waals surface area (Å²) in [6.45, 7) is 9.31. The van der Waals surface area contributed by atoms with Crippen molar-refractivity contribution in [2.45, 2.75) is 47.5 Å². The molecule has 0 aliphatic heterocycles. The summed E-state index contributed by atoms with van der Waals surface area (Å²) >= 11 is 0. The number of ether oxygens (including phenoxy) is 1. The zero-order valence-corrected chi connectivity index (χ0v) is 15.2. The second-order valence-corrected chi connectivity index (χ2v) is 6.30. The number of nitrogens with zero attached hydrogens (tertiary/aromatic N) is 1. The molecule has 0 aliphatic rings. The number of hydrogen-bond acceptors (Lipinski definition) is 4. The molecular formula is C20H22N2O3. The fraction of sp³-hybridized carbons (Fsp3) is 0.350. The van der Waals surface area contributed by atoms with Gasteiger partial charge >= 0.3 is 5.97 Å². The van der Waals surface area contributed by atoms with E-state index in [1.54, 1.807) is 13.8 Å². The maximum atomic E-state index is 12.3. The molecule has 5 heteroatoms. The van der Waals surface area contributed by atoms with Crippen LogP contribution in [0, 0.1) is 45.9 Å². The molecule has 25 heavy (non-hydrogen) atoms. The first-order valence-corrected chi connectivity index (χ1v) is 8.16. The Morgan fingerprint density at radius 2 is 1.76 bits per heavy atom. The third-order valence-electron chi connectivity index (χ3n) is 4.59. The third kappa shape index (κ3) is 3.80. The van der Waals surface area contributed by atoms with Gasteiger partial charge in [-0.2, -0.15) is 5.26 Å². The Morgan fingerprint density at radius 1 is 1.12 bits per heavy atom. The standard InChI is InChI=1S/C20H22N2O3/c1-11-6-7-12(2)19(13(11)3)25-18(23)9-8-16-14(4)17(10-21)20(24)22-15(16)5/h6-7H,8-9H2,1-5H3,(H,22,24). The Kier molecular flexibility index (Phi) is 5.43. The molecule has 0 saturated carbocycles. The molecule has 0 spiro atoms. The van der Waals surface area contributed by atoms with Gasteiger partial charge in [0.1, 0.15) is 17.4 Å². The zero-order valence-electron chi connectivity index (χ0n) is 15.2. The molecular weight excluding hydrogens is 316 g/mol. The van der Waals surface area contributed by atoms with Gasteiger partial charge in [-0.15, -0.1) is 0 Å². The Bertz CT molecular complexity index is 933. The van der Waals surface area contributed by atoms with E-state index in [0.717, 1.165) is 22.3 Å². The van der Waals surface area contributed by atoms with Crippen molar-refractivity contribution in [1.29, 1.82) is 5.26 Å². The number of H-pyrrole nitrogens is 1. The highest BCUT2D eigenvalue weighted by atomic mass is 16.5. The van der Waals surface area contributed by atoms with Crippen LogP contribution in [0.5, 0.6) is 5.75 Å². The number of nitriles is 1. The number of aromatic nitrogens is 1. The van der Waals surface area contributed by atoms with Crippen LogP contribution in [0.4, 0.5) is 0 Å². The number of benzene rings is 1. The van der Waals surface area contributed by atoms with Crippen LogP contribution >= 0.6 is 0 Å². The molecule has 0 unspecified atom stereocenters. The first kappa shape index (κ1) is 18.5. The highest BCUT2D eigenvalue weighted by Gasteiger charge is 2.15. The first-order chi connectivity index (χ1) is 11.8. The maximum Gasteiger partial charge on any atom is 0.311 e. The van der Waals surface area contributed by atoms with Crippen molar-refractivity contribution in [2.24, 2.45) is 0 Å². The van der Waals surface area contributed by atoms with E-state index in [1.165, 1.54) is 0 Å². The van der Waals surface area contributed by atoms with Crippen molar-refractivity contribution < 1.29 is 9.53 Å². The van der Waals surface area contributed by atoms with Crippen LogP contribution in [0.25, 0.3) is 0 Å². The van der Waals surface area contributed by atoms with E-state index >= 15 is 0 Å². The molecule has 1 N–H and O–H groups in total. The van der Waals surface area contributed by atoms with Gasteiger partial charge in [-0.05, 0) is 68.9 Å². The van der Waals surface area contributed by atoms with E-state index in [0.29, 0.717) is 23.4 Å². The summed E-state index contributed by atoms with van der Waals surface area (Å²) < 4.78 is 5.56. The summed E-state index contributed by atoms with van der Waals surface area (Å²) in [5.74, 6) is 0.276. The van der Waals surface area contributed by atoms with Crippen molar-refractivity contribution in [3.05, 3.63) is 61.6 Å².